The van der Waals surface area contributed by atoms with Crippen LogP contribution in [0.25, 0.3) is 0 Å². The number of anilines is 1. The van der Waals surface area contributed by atoms with Crippen molar-refractivity contribution in [1.29, 1.82) is 0 Å². The minimum Gasteiger partial charge on any atom is -0.371 e. The first-order valence-corrected chi connectivity index (χ1v) is 6.26. The van der Waals surface area contributed by atoms with Gasteiger partial charge in [0.25, 0.3) is 0 Å². The predicted octanol–water partition coefficient (Wildman–Crippen LogP) is 1.91. The second kappa shape index (κ2) is 5.85. The Morgan fingerprint density at radius 1 is 1.31 bits per heavy atom. The molecule has 0 aromatic carbocycles. The third kappa shape index (κ3) is 2.95. The van der Waals surface area contributed by atoms with E-state index in [1.165, 1.54) is 38.2 Å². The number of rotatable bonds is 4. The van der Waals surface area contributed by atoms with Crippen LogP contribution < -0.4 is 10.2 Å². The first-order valence-electron chi connectivity index (χ1n) is 6.26. The van der Waals surface area contributed by atoms with Crippen LogP contribution in [-0.4, -0.2) is 31.2 Å². The number of nitrogens with zero attached hydrogens (tertiary/aromatic N) is 2. The van der Waals surface area contributed by atoms with Crippen molar-refractivity contribution < 1.29 is 0 Å². The Labute approximate surface area is 97.9 Å². The van der Waals surface area contributed by atoms with Gasteiger partial charge in [0.1, 0.15) is 0 Å². The Balaban J connectivity index is 1.94. The summed E-state index contributed by atoms with van der Waals surface area (Å²) in [6.45, 7) is 6.84. The smallest absolute Gasteiger partial charge is 0.0397 e. The molecule has 0 bridgehead atoms. The summed E-state index contributed by atoms with van der Waals surface area (Å²) in [5.41, 5.74) is 1.30. The van der Waals surface area contributed by atoms with Gasteiger partial charge >= 0.3 is 0 Å². The summed E-state index contributed by atoms with van der Waals surface area (Å²) in [6, 6.07) is 4.20. The van der Waals surface area contributed by atoms with Crippen LogP contribution in [0, 0.1) is 5.92 Å². The van der Waals surface area contributed by atoms with Crippen LogP contribution in [0.1, 0.15) is 19.8 Å². The van der Waals surface area contributed by atoms with Crippen molar-refractivity contribution >= 4 is 5.69 Å². The number of hydrogen-bond acceptors (Lipinski definition) is 3. The molecule has 3 nitrogen and oxygen atoms in total. The highest BCUT2D eigenvalue weighted by atomic mass is 15.1. The summed E-state index contributed by atoms with van der Waals surface area (Å²) in [7, 11) is 0. The molecule has 1 fully saturated rings. The van der Waals surface area contributed by atoms with Gasteiger partial charge in [0.15, 0.2) is 0 Å². The highest BCUT2D eigenvalue weighted by Crippen LogP contribution is 2.18. The Morgan fingerprint density at radius 3 is 2.62 bits per heavy atom. The fourth-order valence-corrected chi connectivity index (χ4v) is 2.35. The Kier molecular flexibility index (Phi) is 4.17. The summed E-state index contributed by atoms with van der Waals surface area (Å²) in [6.07, 6.45) is 6.37. The molecule has 0 unspecified atom stereocenters. The topological polar surface area (TPSA) is 28.2 Å². The van der Waals surface area contributed by atoms with Gasteiger partial charge in [-0.15, -0.1) is 0 Å². The summed E-state index contributed by atoms with van der Waals surface area (Å²) in [4.78, 5) is 6.53. The number of aromatic nitrogens is 1. The van der Waals surface area contributed by atoms with E-state index in [1.54, 1.807) is 0 Å². The lowest BCUT2D eigenvalue weighted by Crippen LogP contribution is -2.36. The molecule has 1 N–H and O–H groups in total. The number of nitrogens with one attached hydrogen (secondary N) is 1. The van der Waals surface area contributed by atoms with Gasteiger partial charge in [-0.2, -0.15) is 0 Å². The molecule has 16 heavy (non-hydrogen) atoms. The monoisotopic (exact) mass is 219 g/mol. The van der Waals surface area contributed by atoms with Gasteiger partial charge in [-0.3, -0.25) is 4.98 Å². The molecular weight excluding hydrogens is 198 g/mol. The van der Waals surface area contributed by atoms with Crippen molar-refractivity contribution in [3.8, 4) is 0 Å². The fraction of sp³-hybridized carbons (Fsp3) is 0.615. The molecular formula is C13H21N3. The van der Waals surface area contributed by atoms with Crippen LogP contribution in [0.3, 0.4) is 0 Å². The zero-order valence-electron chi connectivity index (χ0n) is 10.0. The largest absolute Gasteiger partial charge is 0.371 e. The summed E-state index contributed by atoms with van der Waals surface area (Å²) in [5, 5.41) is 3.42. The highest BCUT2D eigenvalue weighted by molar-refractivity contribution is 5.44. The molecule has 0 saturated carbocycles. The van der Waals surface area contributed by atoms with Gasteiger partial charge in [-0.25, -0.2) is 0 Å². The van der Waals surface area contributed by atoms with Gasteiger partial charge in [-0.1, -0.05) is 0 Å². The maximum atomic E-state index is 4.07. The lowest BCUT2D eigenvalue weighted by atomic mass is 9.97. The fourth-order valence-electron chi connectivity index (χ4n) is 2.35. The quantitative estimate of drug-likeness (QED) is 0.838. The number of hydrogen-bond donors (Lipinski definition) is 1. The second-order valence-electron chi connectivity index (χ2n) is 4.44. The molecule has 0 atom stereocenters. The van der Waals surface area contributed by atoms with E-state index in [0.29, 0.717) is 0 Å². The summed E-state index contributed by atoms with van der Waals surface area (Å²) < 4.78 is 0. The van der Waals surface area contributed by atoms with Crippen LogP contribution in [-0.2, 0) is 0 Å². The van der Waals surface area contributed by atoms with E-state index in [9.17, 15) is 0 Å². The van der Waals surface area contributed by atoms with Crippen molar-refractivity contribution in [3.63, 3.8) is 0 Å². The van der Waals surface area contributed by atoms with Crippen molar-refractivity contribution in [1.82, 2.24) is 10.3 Å². The minimum atomic E-state index is 0.842. The van der Waals surface area contributed by atoms with Crippen molar-refractivity contribution in [2.75, 3.05) is 31.1 Å². The van der Waals surface area contributed by atoms with E-state index in [4.69, 9.17) is 0 Å². The van der Waals surface area contributed by atoms with Crippen molar-refractivity contribution in [2.24, 2.45) is 5.92 Å². The van der Waals surface area contributed by atoms with Gasteiger partial charge in [0, 0.05) is 31.2 Å². The Morgan fingerprint density at radius 2 is 2.00 bits per heavy atom. The molecule has 1 aliphatic rings. The molecule has 0 radical (unpaired) electrons. The van der Waals surface area contributed by atoms with Gasteiger partial charge in [0.05, 0.1) is 0 Å². The molecule has 88 valence electrons. The van der Waals surface area contributed by atoms with Gasteiger partial charge in [0.2, 0.25) is 0 Å². The van der Waals surface area contributed by atoms with Gasteiger partial charge in [-0.05, 0) is 50.9 Å². The maximum Gasteiger partial charge on any atom is 0.0397 e. The number of pyridine rings is 1. The second-order valence-corrected chi connectivity index (χ2v) is 4.44. The molecule has 2 heterocycles. The normalized spacial score (nSPS) is 17.3. The average molecular weight is 219 g/mol. The van der Waals surface area contributed by atoms with Crippen molar-refractivity contribution in [3.05, 3.63) is 24.5 Å². The molecule has 1 aromatic rings. The van der Waals surface area contributed by atoms with E-state index >= 15 is 0 Å². The average Bonchev–Trinajstić information content (AvgIpc) is 2.38. The summed E-state index contributed by atoms with van der Waals surface area (Å²) >= 11 is 0. The Bertz CT molecular complexity index is 293. The molecule has 0 amide bonds. The first kappa shape index (κ1) is 11.4. The molecule has 2 rings (SSSR count). The third-order valence-electron chi connectivity index (χ3n) is 3.35. The van der Waals surface area contributed by atoms with Gasteiger partial charge < -0.3 is 10.2 Å². The SMILES string of the molecule is CCN(CC1CCNCC1)c1ccncc1. The first-order chi connectivity index (χ1) is 7.90. The highest BCUT2D eigenvalue weighted by Gasteiger charge is 2.16. The van der Waals surface area contributed by atoms with Crippen LogP contribution in [0.4, 0.5) is 5.69 Å². The van der Waals surface area contributed by atoms with Crippen LogP contribution >= 0.6 is 0 Å². The lowest BCUT2D eigenvalue weighted by molar-refractivity contribution is 0.374. The maximum absolute atomic E-state index is 4.07. The Hall–Kier alpha value is -1.09. The van der Waals surface area contributed by atoms with E-state index < -0.39 is 0 Å². The van der Waals surface area contributed by atoms with Crippen molar-refractivity contribution in [2.45, 2.75) is 19.8 Å². The zero-order valence-corrected chi connectivity index (χ0v) is 10.0. The molecule has 0 aliphatic carbocycles. The van der Waals surface area contributed by atoms with E-state index in [0.717, 1.165) is 12.5 Å². The van der Waals surface area contributed by atoms with E-state index in [-0.39, 0.29) is 0 Å². The predicted molar refractivity (Wildman–Crippen MR) is 67.7 cm³/mol. The molecule has 0 spiro atoms. The van der Waals surface area contributed by atoms with Crippen LogP contribution in [0.2, 0.25) is 0 Å². The van der Waals surface area contributed by atoms with Crippen LogP contribution in [0.15, 0.2) is 24.5 Å². The van der Waals surface area contributed by atoms with E-state index in [2.05, 4.69) is 34.3 Å². The van der Waals surface area contributed by atoms with E-state index in [1.807, 2.05) is 12.4 Å². The van der Waals surface area contributed by atoms with Crippen LogP contribution in [0.5, 0.6) is 0 Å². The zero-order chi connectivity index (χ0) is 11.2. The third-order valence-corrected chi connectivity index (χ3v) is 3.35. The standard InChI is InChI=1S/C13H21N3/c1-2-16(13-5-9-15-10-6-13)11-12-3-7-14-8-4-12/h5-6,9-10,12,14H,2-4,7-8,11H2,1H3. The molecule has 1 aliphatic heterocycles. The minimum absolute atomic E-state index is 0.842. The molecule has 1 saturated heterocycles. The lowest BCUT2D eigenvalue weighted by Gasteiger charge is -2.30. The number of piperidine rings is 1. The summed E-state index contributed by atoms with van der Waals surface area (Å²) in [5.74, 6) is 0.842. The molecule has 3 heteroatoms. The molecule has 1 aromatic heterocycles.